The molecule has 0 fully saturated rings. The first-order valence-electron chi connectivity index (χ1n) is 7.91. The summed E-state index contributed by atoms with van der Waals surface area (Å²) in [5.74, 6) is 1.71. The van der Waals surface area contributed by atoms with Crippen molar-refractivity contribution in [2.24, 2.45) is 0 Å². The minimum Gasteiger partial charge on any atom is -0.497 e. The highest BCUT2D eigenvalue weighted by molar-refractivity contribution is 7.85. The fourth-order valence-electron chi connectivity index (χ4n) is 2.23. The van der Waals surface area contributed by atoms with Gasteiger partial charge in [-0.15, -0.1) is 10.2 Å². The third kappa shape index (κ3) is 4.64. The summed E-state index contributed by atoms with van der Waals surface area (Å²) >= 11 is 0. The third-order valence-electron chi connectivity index (χ3n) is 3.52. The predicted molar refractivity (Wildman–Crippen MR) is 101 cm³/mol. The van der Waals surface area contributed by atoms with E-state index in [-0.39, 0.29) is 0 Å². The average molecular weight is 372 g/mol. The molecule has 1 unspecified atom stereocenters. The minimum atomic E-state index is -1.10. The zero-order valence-electron chi connectivity index (χ0n) is 14.8. The topological polar surface area (TPSA) is 78.4 Å². The zero-order chi connectivity index (χ0) is 18.9. The number of benzene rings is 2. The van der Waals surface area contributed by atoms with E-state index < -0.39 is 10.8 Å². The first-order valence-corrected chi connectivity index (χ1v) is 9.23. The Kier molecular flexibility index (Phi) is 7.23. The van der Waals surface area contributed by atoms with Crippen molar-refractivity contribution >= 4 is 27.9 Å². The smallest absolute Gasteiger partial charge is 0.241 e. The molecule has 6 nitrogen and oxygen atoms in total. The van der Waals surface area contributed by atoms with Crippen molar-refractivity contribution < 1.29 is 18.5 Å². The number of hydrogen-bond donors (Lipinski definition) is 0. The molecule has 0 bridgehead atoms. The number of fused-ring (bicyclic) bond motifs is 1. The van der Waals surface area contributed by atoms with E-state index in [1.807, 2.05) is 31.2 Å². The highest BCUT2D eigenvalue weighted by Crippen LogP contribution is 2.25. The average Bonchev–Trinajstić information content (AvgIpc) is 2.72. The predicted octanol–water partition coefficient (Wildman–Crippen LogP) is 3.27. The van der Waals surface area contributed by atoms with Crippen molar-refractivity contribution in [1.82, 2.24) is 10.2 Å². The second kappa shape index (κ2) is 9.62. The van der Waals surface area contributed by atoms with Crippen LogP contribution in [0.25, 0.3) is 10.8 Å². The van der Waals surface area contributed by atoms with E-state index in [9.17, 15) is 9.00 Å². The molecular weight excluding hydrogens is 352 g/mol. The number of aldehydes is 1. The van der Waals surface area contributed by atoms with Crippen molar-refractivity contribution in [1.29, 1.82) is 0 Å². The molecule has 0 saturated carbocycles. The van der Waals surface area contributed by atoms with Crippen LogP contribution in [0, 0.1) is 0 Å². The van der Waals surface area contributed by atoms with Gasteiger partial charge in [0.1, 0.15) is 12.0 Å². The molecule has 0 saturated heterocycles. The lowest BCUT2D eigenvalue weighted by Gasteiger charge is -2.06. The minimum absolute atomic E-state index is 0.465. The number of ether oxygens (including phenoxy) is 2. The van der Waals surface area contributed by atoms with E-state index in [4.69, 9.17) is 9.47 Å². The molecule has 0 radical (unpaired) electrons. The van der Waals surface area contributed by atoms with Gasteiger partial charge < -0.3 is 9.47 Å². The SMILES string of the molecule is CCS(=O)c1nnc(OC)c2ccccc12.COc1cccc(C=O)c1. The lowest BCUT2D eigenvalue weighted by Crippen LogP contribution is -2.02. The molecule has 3 rings (SSSR count). The summed E-state index contributed by atoms with van der Waals surface area (Å²) in [5.41, 5.74) is 0.638. The molecule has 7 heteroatoms. The Hall–Kier alpha value is -2.80. The first-order chi connectivity index (χ1) is 12.6. The van der Waals surface area contributed by atoms with Gasteiger partial charge in [-0.1, -0.05) is 37.3 Å². The number of aromatic nitrogens is 2. The second-order valence-corrected chi connectivity index (χ2v) is 6.74. The van der Waals surface area contributed by atoms with Gasteiger partial charge in [0, 0.05) is 22.1 Å². The van der Waals surface area contributed by atoms with Crippen molar-refractivity contribution in [3.63, 3.8) is 0 Å². The molecule has 2 aromatic carbocycles. The number of hydrogen-bond acceptors (Lipinski definition) is 6. The van der Waals surface area contributed by atoms with Gasteiger partial charge >= 0.3 is 0 Å². The standard InChI is InChI=1S/C11H12N2O2S.C8H8O2/c1-3-16(14)11-9-7-5-4-6-8(9)10(15-2)12-13-11;1-10-8-4-2-3-7(5-8)6-9/h4-7H,3H2,1-2H3;2-6H,1H3. The van der Waals surface area contributed by atoms with E-state index in [0.717, 1.165) is 17.1 Å². The van der Waals surface area contributed by atoms with E-state index in [2.05, 4.69) is 10.2 Å². The molecule has 0 amide bonds. The van der Waals surface area contributed by atoms with E-state index in [1.54, 1.807) is 38.5 Å². The summed E-state index contributed by atoms with van der Waals surface area (Å²) in [4.78, 5) is 10.2. The molecule has 0 spiro atoms. The van der Waals surface area contributed by atoms with Crippen molar-refractivity contribution in [2.75, 3.05) is 20.0 Å². The van der Waals surface area contributed by atoms with Gasteiger partial charge in [0.15, 0.2) is 5.03 Å². The third-order valence-corrected chi connectivity index (χ3v) is 4.78. The van der Waals surface area contributed by atoms with Gasteiger partial charge in [0.2, 0.25) is 5.88 Å². The maximum atomic E-state index is 11.8. The monoisotopic (exact) mass is 372 g/mol. The van der Waals surface area contributed by atoms with Crippen LogP contribution in [0.1, 0.15) is 17.3 Å². The number of nitrogens with zero attached hydrogens (tertiary/aromatic N) is 2. The first kappa shape index (κ1) is 19.5. The fraction of sp³-hybridized carbons (Fsp3) is 0.211. The fourth-order valence-corrected chi connectivity index (χ4v) is 3.05. The Morgan fingerprint density at radius 2 is 1.73 bits per heavy atom. The summed E-state index contributed by atoms with van der Waals surface area (Å²) in [5, 5.41) is 10.1. The lowest BCUT2D eigenvalue weighted by molar-refractivity contribution is 0.112. The molecule has 0 N–H and O–H groups in total. The van der Waals surface area contributed by atoms with Crippen molar-refractivity contribution in [3.8, 4) is 11.6 Å². The summed E-state index contributed by atoms with van der Waals surface area (Å²) in [6.07, 6.45) is 0.794. The van der Waals surface area contributed by atoms with Crippen LogP contribution >= 0.6 is 0 Å². The van der Waals surface area contributed by atoms with Gasteiger partial charge in [-0.2, -0.15) is 0 Å². The van der Waals surface area contributed by atoms with Gasteiger partial charge in [0.25, 0.3) is 0 Å². The van der Waals surface area contributed by atoms with Crippen LogP contribution in [-0.4, -0.2) is 40.7 Å². The zero-order valence-corrected chi connectivity index (χ0v) is 15.7. The molecular formula is C19H20N2O4S. The molecule has 26 heavy (non-hydrogen) atoms. The lowest BCUT2D eigenvalue weighted by atomic mass is 10.2. The largest absolute Gasteiger partial charge is 0.497 e. The molecule has 136 valence electrons. The Bertz CT molecular complexity index is 915. The van der Waals surface area contributed by atoms with Crippen LogP contribution in [0.3, 0.4) is 0 Å². The van der Waals surface area contributed by atoms with E-state index >= 15 is 0 Å². The van der Waals surface area contributed by atoms with Gasteiger partial charge in [-0.3, -0.25) is 9.00 Å². The molecule has 0 aliphatic carbocycles. The molecule has 0 aliphatic heterocycles. The Balaban J connectivity index is 0.000000209. The van der Waals surface area contributed by atoms with Crippen LogP contribution in [-0.2, 0) is 10.8 Å². The molecule has 0 aliphatic rings. The number of rotatable bonds is 5. The van der Waals surface area contributed by atoms with Crippen LogP contribution in [0.2, 0.25) is 0 Å². The molecule has 1 atom stereocenters. The highest BCUT2D eigenvalue weighted by atomic mass is 32.2. The van der Waals surface area contributed by atoms with E-state index in [0.29, 0.717) is 28.0 Å². The van der Waals surface area contributed by atoms with E-state index in [1.165, 1.54) is 0 Å². The number of methoxy groups -OCH3 is 2. The van der Waals surface area contributed by atoms with Crippen molar-refractivity contribution in [3.05, 3.63) is 54.1 Å². The van der Waals surface area contributed by atoms with Gasteiger partial charge in [-0.25, -0.2) is 0 Å². The maximum absolute atomic E-state index is 11.8. The summed E-state index contributed by atoms with van der Waals surface area (Å²) in [6, 6.07) is 14.6. The van der Waals surface area contributed by atoms with Gasteiger partial charge in [0.05, 0.1) is 25.0 Å². The Morgan fingerprint density at radius 1 is 1.00 bits per heavy atom. The molecule has 1 heterocycles. The number of carbonyl (C=O) groups excluding carboxylic acids is 1. The summed E-state index contributed by atoms with van der Waals surface area (Å²) in [7, 11) is 2.02. The van der Waals surface area contributed by atoms with Gasteiger partial charge in [-0.05, 0) is 18.2 Å². The van der Waals surface area contributed by atoms with Crippen LogP contribution in [0.15, 0.2) is 53.6 Å². The number of carbonyl (C=O) groups is 1. The highest BCUT2D eigenvalue weighted by Gasteiger charge is 2.12. The summed E-state index contributed by atoms with van der Waals surface area (Å²) < 4.78 is 21.8. The van der Waals surface area contributed by atoms with Crippen LogP contribution < -0.4 is 9.47 Å². The Morgan fingerprint density at radius 3 is 2.35 bits per heavy atom. The summed E-state index contributed by atoms with van der Waals surface area (Å²) in [6.45, 7) is 1.86. The molecule has 1 aromatic heterocycles. The van der Waals surface area contributed by atoms with Crippen LogP contribution in [0.4, 0.5) is 0 Å². The Labute approximate surface area is 154 Å². The maximum Gasteiger partial charge on any atom is 0.241 e. The quantitative estimate of drug-likeness (QED) is 0.640. The van der Waals surface area contributed by atoms with Crippen molar-refractivity contribution in [2.45, 2.75) is 11.9 Å². The van der Waals surface area contributed by atoms with Crippen LogP contribution in [0.5, 0.6) is 11.6 Å². The molecule has 3 aromatic rings. The normalized spacial score (nSPS) is 11.2. The second-order valence-electron chi connectivity index (χ2n) is 5.09.